The zero-order chi connectivity index (χ0) is 30.9. The van der Waals surface area contributed by atoms with Crippen LogP contribution in [0.4, 0.5) is 5.69 Å². The maximum atomic E-state index is 11.5. The molecule has 0 saturated heterocycles. The summed E-state index contributed by atoms with van der Waals surface area (Å²) in [7, 11) is 2.89. The van der Waals surface area contributed by atoms with Gasteiger partial charge in [-0.1, -0.05) is 0 Å². The fourth-order valence-electron chi connectivity index (χ4n) is 3.17. The molecule has 2 rings (SSSR count). The van der Waals surface area contributed by atoms with Gasteiger partial charge in [0.1, 0.15) is 0 Å². The average molecular weight is 578 g/mol. The minimum absolute atomic E-state index is 0.0280. The number of nitro groups is 1. The first-order chi connectivity index (χ1) is 19.4. The molecule has 224 valence electrons. The molecule has 0 bridgehead atoms. The Labute approximate surface area is 237 Å². The number of carbonyl (C=O) groups excluding carboxylic acids is 4. The molecule has 0 unspecified atom stereocenters. The van der Waals surface area contributed by atoms with Gasteiger partial charge in [0.2, 0.25) is 0 Å². The number of hydrogen-bond acceptors (Lipinski definition) is 12. The van der Waals surface area contributed by atoms with Crippen LogP contribution in [0.1, 0.15) is 61.3 Å². The first-order valence-electron chi connectivity index (χ1n) is 12.5. The minimum Gasteiger partial charge on any atom is -0.493 e. The number of methoxy groups -OCH3 is 2. The molecule has 0 fully saturated rings. The second-order valence-electron chi connectivity index (χ2n) is 8.34. The number of rotatable bonds is 15. The lowest BCUT2D eigenvalue weighted by Gasteiger charge is -2.12. The highest BCUT2D eigenvalue weighted by molar-refractivity contribution is 5.99. The molecule has 0 radical (unpaired) electrons. The van der Waals surface area contributed by atoms with Gasteiger partial charge in [-0.15, -0.1) is 0 Å². The Morgan fingerprint density at radius 2 is 1.20 bits per heavy atom. The lowest BCUT2D eigenvalue weighted by molar-refractivity contribution is -0.385. The highest BCUT2D eigenvalue weighted by atomic mass is 16.6. The molecule has 2 aromatic carbocycles. The number of hydrogen-bond donors (Lipinski definition) is 0. The Morgan fingerprint density at radius 3 is 1.63 bits per heavy atom. The first-order valence-corrected chi connectivity index (χ1v) is 12.5. The van der Waals surface area contributed by atoms with Crippen LogP contribution in [0.15, 0.2) is 30.3 Å². The quantitative estimate of drug-likeness (QED) is 0.0965. The van der Waals surface area contributed by atoms with Crippen molar-refractivity contribution in [3.63, 3.8) is 0 Å². The van der Waals surface area contributed by atoms with Crippen molar-refractivity contribution >= 4 is 29.2 Å². The molecule has 41 heavy (non-hydrogen) atoms. The number of carbonyl (C=O) groups is 4. The van der Waals surface area contributed by atoms with Crippen LogP contribution >= 0.6 is 0 Å². The van der Waals surface area contributed by atoms with Gasteiger partial charge in [0.25, 0.3) is 5.69 Å². The van der Waals surface area contributed by atoms with Gasteiger partial charge in [0.05, 0.1) is 57.2 Å². The minimum atomic E-state index is -0.651. The van der Waals surface area contributed by atoms with Crippen molar-refractivity contribution in [3.05, 3.63) is 51.6 Å². The van der Waals surface area contributed by atoms with Gasteiger partial charge in [-0.25, -0.2) is 0 Å². The van der Waals surface area contributed by atoms with Crippen LogP contribution in [0.2, 0.25) is 0 Å². The van der Waals surface area contributed by atoms with E-state index in [1.807, 2.05) is 0 Å². The van der Waals surface area contributed by atoms with Crippen LogP contribution in [0.3, 0.4) is 0 Å². The summed E-state index contributed by atoms with van der Waals surface area (Å²) in [5.41, 5.74) is 0.182. The van der Waals surface area contributed by atoms with Gasteiger partial charge < -0.3 is 28.4 Å². The summed E-state index contributed by atoms with van der Waals surface area (Å²) in [4.78, 5) is 54.3. The third kappa shape index (κ3) is 12.4. The summed E-state index contributed by atoms with van der Waals surface area (Å²) in [5, 5.41) is 11.0. The van der Waals surface area contributed by atoms with Crippen LogP contribution in [0, 0.1) is 10.1 Å². The predicted octanol–water partition coefficient (Wildman–Crippen LogP) is 4.37. The van der Waals surface area contributed by atoms with Crippen LogP contribution in [0.25, 0.3) is 0 Å². The van der Waals surface area contributed by atoms with Crippen LogP contribution < -0.4 is 18.9 Å². The van der Waals surface area contributed by atoms with E-state index in [4.69, 9.17) is 28.4 Å². The van der Waals surface area contributed by atoms with Crippen LogP contribution in [-0.4, -0.2) is 69.1 Å². The predicted molar refractivity (Wildman–Crippen MR) is 146 cm³/mol. The number of nitro benzene ring substituents is 1. The van der Waals surface area contributed by atoms with E-state index in [2.05, 4.69) is 0 Å². The molecular formula is C28H35NO12. The molecule has 0 spiro atoms. The summed E-state index contributed by atoms with van der Waals surface area (Å²) in [5.74, 6) is 0.300. The number of ether oxygens (including phenoxy) is 6. The van der Waals surface area contributed by atoms with Crippen molar-refractivity contribution in [2.75, 3.05) is 40.6 Å². The van der Waals surface area contributed by atoms with E-state index < -0.39 is 10.7 Å². The fourth-order valence-corrected chi connectivity index (χ4v) is 3.17. The lowest BCUT2D eigenvalue weighted by Crippen LogP contribution is -2.08. The number of esters is 2. The van der Waals surface area contributed by atoms with E-state index in [0.717, 1.165) is 6.07 Å². The normalized spacial score (nSPS) is 9.90. The molecule has 0 aliphatic carbocycles. The van der Waals surface area contributed by atoms with E-state index in [9.17, 15) is 29.3 Å². The highest BCUT2D eigenvalue weighted by Crippen LogP contribution is 2.35. The first kappa shape index (κ1) is 34.3. The van der Waals surface area contributed by atoms with E-state index in [1.54, 1.807) is 18.2 Å². The van der Waals surface area contributed by atoms with Crippen molar-refractivity contribution in [2.24, 2.45) is 0 Å². The monoisotopic (exact) mass is 577 g/mol. The zero-order valence-electron chi connectivity index (χ0n) is 24.0. The average Bonchev–Trinajstić information content (AvgIpc) is 2.92. The molecule has 0 saturated carbocycles. The summed E-state index contributed by atoms with van der Waals surface area (Å²) < 4.78 is 30.7. The number of benzene rings is 2. The topological polar surface area (TPSA) is 167 Å². The third-order valence-electron chi connectivity index (χ3n) is 5.13. The molecular weight excluding hydrogens is 542 g/mol. The third-order valence-corrected chi connectivity index (χ3v) is 5.13. The summed E-state index contributed by atoms with van der Waals surface area (Å²) in [6.07, 6.45) is 1.02. The van der Waals surface area contributed by atoms with E-state index in [1.165, 1.54) is 48.0 Å². The number of nitrogens with zero attached hydrogens (tertiary/aromatic N) is 1. The van der Waals surface area contributed by atoms with E-state index in [-0.39, 0.29) is 53.7 Å². The Morgan fingerprint density at radius 1 is 0.683 bits per heavy atom. The maximum Gasteiger partial charge on any atom is 0.302 e. The fraction of sp³-hybridized carbons (Fsp3) is 0.429. The van der Waals surface area contributed by atoms with Gasteiger partial charge in [-0.3, -0.25) is 29.3 Å². The molecule has 2 aromatic rings. The molecule has 0 N–H and O–H groups in total. The van der Waals surface area contributed by atoms with Gasteiger partial charge in [-0.2, -0.15) is 0 Å². The summed E-state index contributed by atoms with van der Waals surface area (Å²) >= 11 is 0. The number of Topliss-reactive ketones (excluding diaryl/α,β-unsaturated/α-hetero) is 2. The largest absolute Gasteiger partial charge is 0.493 e. The maximum absolute atomic E-state index is 11.5. The molecule has 13 nitrogen and oxygen atoms in total. The molecule has 13 heteroatoms. The SMILES string of the molecule is COc1cc(C(C)=O)c([N+](=O)[O-])cc1OCCCOC(C)=O.COc1cc(C(C)=O)ccc1OCCCOC(C)=O. The molecule has 0 aliphatic rings. The van der Waals surface area contributed by atoms with Crippen LogP contribution in [-0.2, 0) is 19.1 Å². The molecule has 0 heterocycles. The Hall–Kier alpha value is -4.68. The Balaban J connectivity index is 0.000000414. The highest BCUT2D eigenvalue weighted by Gasteiger charge is 2.22. The summed E-state index contributed by atoms with van der Waals surface area (Å²) in [6, 6.07) is 7.46. The van der Waals surface area contributed by atoms with Crippen molar-refractivity contribution in [3.8, 4) is 23.0 Å². The van der Waals surface area contributed by atoms with E-state index in [0.29, 0.717) is 43.1 Å². The second kappa shape index (κ2) is 17.8. The Bertz CT molecular complexity index is 1220. The van der Waals surface area contributed by atoms with Gasteiger partial charge in [-0.05, 0) is 32.0 Å². The lowest BCUT2D eigenvalue weighted by atomic mass is 10.1. The molecule has 0 atom stereocenters. The van der Waals surface area contributed by atoms with Gasteiger partial charge >= 0.3 is 11.9 Å². The van der Waals surface area contributed by atoms with E-state index >= 15 is 0 Å². The van der Waals surface area contributed by atoms with Crippen molar-refractivity contribution < 1.29 is 52.5 Å². The molecule has 0 aromatic heterocycles. The number of ketones is 2. The van der Waals surface area contributed by atoms with Gasteiger partial charge in [0.15, 0.2) is 34.6 Å². The summed E-state index contributed by atoms with van der Waals surface area (Å²) in [6.45, 7) is 6.49. The Kier molecular flexibility index (Phi) is 14.9. The van der Waals surface area contributed by atoms with Crippen molar-refractivity contribution in [1.82, 2.24) is 0 Å². The second-order valence-corrected chi connectivity index (χ2v) is 8.34. The standard InChI is InChI=1S/C14H17NO7.C14H18O5/c1-9(16)11-7-13(20-3)14(8-12(11)15(18)19)22-6-4-5-21-10(2)17;1-10(15)12-5-6-13(14(9-12)17-3)19-8-4-7-18-11(2)16/h7-8H,4-6H2,1-3H3;5-6,9H,4,7-8H2,1-3H3. The molecule has 0 amide bonds. The van der Waals surface area contributed by atoms with Crippen molar-refractivity contribution in [2.45, 2.75) is 40.5 Å². The van der Waals surface area contributed by atoms with Gasteiger partial charge in [0, 0.05) is 38.3 Å². The molecule has 0 aliphatic heterocycles. The van der Waals surface area contributed by atoms with Crippen LogP contribution in [0.5, 0.6) is 23.0 Å². The van der Waals surface area contributed by atoms with Crippen molar-refractivity contribution in [1.29, 1.82) is 0 Å². The smallest absolute Gasteiger partial charge is 0.302 e. The zero-order valence-corrected chi connectivity index (χ0v) is 24.0.